The number of fused-ring (bicyclic) bond motifs is 1. The highest BCUT2D eigenvalue weighted by atomic mass is 16.7. The molecule has 0 radical (unpaired) electrons. The van der Waals surface area contributed by atoms with Gasteiger partial charge in [0.1, 0.15) is 5.75 Å². The number of benzene rings is 2. The second kappa shape index (κ2) is 7.01. The first-order valence-electron chi connectivity index (χ1n) is 13.3. The Morgan fingerprint density at radius 3 is 2.30 bits per heavy atom. The van der Waals surface area contributed by atoms with Crippen molar-refractivity contribution in [3.8, 4) is 5.75 Å². The number of ether oxygens (including phenoxy) is 2. The average molecular weight is 444 g/mol. The van der Waals surface area contributed by atoms with Crippen LogP contribution in [0, 0.1) is 29.1 Å². The maximum atomic E-state index is 7.16. The molecule has 1 N–H and O–H groups in total. The minimum Gasteiger partial charge on any atom is -0.464 e. The first-order chi connectivity index (χ1) is 16.0. The van der Waals surface area contributed by atoms with Gasteiger partial charge in [0.25, 0.3) is 0 Å². The number of anilines is 1. The van der Waals surface area contributed by atoms with E-state index >= 15 is 0 Å². The zero-order chi connectivity index (χ0) is 22.4. The Hall–Kier alpha value is -2.00. The van der Waals surface area contributed by atoms with Crippen molar-refractivity contribution in [2.45, 2.75) is 76.6 Å². The van der Waals surface area contributed by atoms with Gasteiger partial charge < -0.3 is 14.8 Å². The molecule has 174 valence electrons. The van der Waals surface area contributed by atoms with Gasteiger partial charge in [-0.3, -0.25) is 0 Å². The molecule has 4 fully saturated rings. The zero-order valence-electron chi connectivity index (χ0n) is 20.2. The molecular formula is C30H37NO2. The van der Waals surface area contributed by atoms with Gasteiger partial charge in [0.15, 0.2) is 0 Å². The molecule has 2 aromatic carbocycles. The fraction of sp³-hybridized carbons (Fsp3) is 0.600. The molecule has 0 bridgehead atoms. The molecule has 7 rings (SSSR count). The number of nitrogens with one attached hydrogen (secondary N) is 1. The third-order valence-corrected chi connectivity index (χ3v) is 10.6. The highest BCUT2D eigenvalue weighted by Gasteiger charge is 2.89. The van der Waals surface area contributed by atoms with E-state index in [1.165, 1.54) is 42.5 Å². The van der Waals surface area contributed by atoms with E-state index in [1.807, 2.05) is 0 Å². The lowest BCUT2D eigenvalue weighted by Gasteiger charge is -2.90. The summed E-state index contributed by atoms with van der Waals surface area (Å²) in [5.41, 5.74) is 4.61. The van der Waals surface area contributed by atoms with Crippen LogP contribution in [0.3, 0.4) is 0 Å². The summed E-state index contributed by atoms with van der Waals surface area (Å²) in [4.78, 5) is 0. The van der Waals surface area contributed by atoms with Crippen molar-refractivity contribution in [1.29, 1.82) is 0 Å². The Balaban J connectivity index is 1.18. The predicted molar refractivity (Wildman–Crippen MR) is 132 cm³/mol. The third-order valence-electron chi connectivity index (χ3n) is 10.6. The maximum Gasteiger partial charge on any atom is 0.207 e. The number of para-hydroxylation sites is 1. The van der Waals surface area contributed by atoms with Gasteiger partial charge in [-0.2, -0.15) is 0 Å². The SMILES string of the molecule is CC(C)C(C)c1ccc(OC(OC23CC4CC5CC(C2)C543)C2CCNc3ccccc32)cc1. The van der Waals surface area contributed by atoms with Crippen molar-refractivity contribution >= 4 is 5.69 Å². The predicted octanol–water partition coefficient (Wildman–Crippen LogP) is 6.96. The lowest BCUT2D eigenvalue weighted by atomic mass is 9.16. The summed E-state index contributed by atoms with van der Waals surface area (Å²) >= 11 is 0. The van der Waals surface area contributed by atoms with Crippen molar-refractivity contribution in [1.82, 2.24) is 0 Å². The van der Waals surface area contributed by atoms with Gasteiger partial charge in [0, 0.05) is 17.6 Å². The molecule has 0 aromatic heterocycles. The van der Waals surface area contributed by atoms with Gasteiger partial charge in [-0.15, -0.1) is 0 Å². The molecular weight excluding hydrogens is 406 g/mol. The topological polar surface area (TPSA) is 30.5 Å². The van der Waals surface area contributed by atoms with Crippen LogP contribution in [0.5, 0.6) is 5.75 Å². The second-order valence-electron chi connectivity index (χ2n) is 12.0. The van der Waals surface area contributed by atoms with E-state index in [4.69, 9.17) is 9.47 Å². The molecule has 5 atom stereocenters. The highest BCUT2D eigenvalue weighted by molar-refractivity contribution is 5.55. The van der Waals surface area contributed by atoms with E-state index < -0.39 is 0 Å². The summed E-state index contributed by atoms with van der Waals surface area (Å²) in [6, 6.07) is 17.6. The molecule has 1 spiro atoms. The highest BCUT2D eigenvalue weighted by Crippen LogP contribution is 2.90. The first-order valence-corrected chi connectivity index (χ1v) is 13.3. The largest absolute Gasteiger partial charge is 0.464 e. The summed E-state index contributed by atoms with van der Waals surface area (Å²) in [5.74, 6) is 5.20. The third kappa shape index (κ3) is 2.61. The van der Waals surface area contributed by atoms with Crippen LogP contribution in [-0.2, 0) is 4.74 Å². The van der Waals surface area contributed by atoms with E-state index in [2.05, 4.69) is 74.6 Å². The normalized spacial score (nSPS) is 38.7. The Morgan fingerprint density at radius 2 is 1.64 bits per heavy atom. The van der Waals surface area contributed by atoms with Crippen LogP contribution in [0.15, 0.2) is 48.5 Å². The molecule has 5 unspecified atom stereocenters. The maximum absolute atomic E-state index is 7.16. The summed E-state index contributed by atoms with van der Waals surface area (Å²) in [6.45, 7) is 7.86. The van der Waals surface area contributed by atoms with Gasteiger partial charge in [-0.25, -0.2) is 0 Å². The molecule has 1 heterocycles. The van der Waals surface area contributed by atoms with Crippen LogP contribution in [0.2, 0.25) is 0 Å². The summed E-state index contributed by atoms with van der Waals surface area (Å²) < 4.78 is 13.9. The van der Waals surface area contributed by atoms with Gasteiger partial charge in [-0.1, -0.05) is 51.1 Å². The van der Waals surface area contributed by atoms with Gasteiger partial charge in [0.2, 0.25) is 6.29 Å². The molecule has 0 saturated heterocycles. The number of rotatable bonds is 7. The van der Waals surface area contributed by atoms with Crippen molar-refractivity contribution in [2.24, 2.45) is 29.1 Å². The molecule has 3 nitrogen and oxygen atoms in total. The van der Waals surface area contributed by atoms with Gasteiger partial charge in [-0.05, 0) is 91.0 Å². The zero-order valence-corrected chi connectivity index (χ0v) is 20.2. The number of hydrogen-bond acceptors (Lipinski definition) is 3. The van der Waals surface area contributed by atoms with Crippen LogP contribution in [0.1, 0.15) is 75.8 Å². The van der Waals surface area contributed by atoms with Crippen molar-refractivity contribution in [3.63, 3.8) is 0 Å². The Morgan fingerprint density at radius 1 is 0.909 bits per heavy atom. The van der Waals surface area contributed by atoms with Crippen LogP contribution in [0.25, 0.3) is 0 Å². The molecule has 4 aliphatic carbocycles. The lowest BCUT2D eigenvalue weighted by molar-refractivity contribution is -0.476. The summed E-state index contributed by atoms with van der Waals surface area (Å²) in [5, 5.41) is 3.58. The Bertz CT molecular complexity index is 1030. The van der Waals surface area contributed by atoms with E-state index in [0.717, 1.165) is 36.5 Å². The minimum absolute atomic E-state index is 0.0973. The standard InChI is InChI=1S/C30H37NO2/c1-18(2)19(3)20-8-10-24(11-9-20)32-28(26-12-13-31-27-7-5-4-6-25(26)27)33-29-16-22-14-21-15-23(17-29)30(21,22)29/h4-11,18-19,21-23,26,28,31H,12-17H2,1-3H3. The molecule has 4 saturated carbocycles. The monoisotopic (exact) mass is 443 g/mol. The van der Waals surface area contributed by atoms with Gasteiger partial charge in [0.05, 0.1) is 11.5 Å². The quantitative estimate of drug-likeness (QED) is 0.469. The molecule has 2 aromatic rings. The summed E-state index contributed by atoms with van der Waals surface area (Å²) in [6.07, 6.45) is 6.26. The van der Waals surface area contributed by atoms with Crippen LogP contribution >= 0.6 is 0 Å². The van der Waals surface area contributed by atoms with Gasteiger partial charge >= 0.3 is 0 Å². The fourth-order valence-electron chi connectivity index (χ4n) is 8.59. The second-order valence-corrected chi connectivity index (χ2v) is 12.0. The lowest BCUT2D eigenvalue weighted by Crippen LogP contribution is -2.90. The Labute approximate surface area is 198 Å². The van der Waals surface area contributed by atoms with Crippen LogP contribution in [-0.4, -0.2) is 18.4 Å². The minimum atomic E-state index is -0.222. The molecule has 1 aliphatic heterocycles. The average Bonchev–Trinajstić information content (AvgIpc) is 2.78. The van der Waals surface area contributed by atoms with Crippen LogP contribution in [0.4, 0.5) is 5.69 Å². The Kier molecular flexibility index (Phi) is 4.33. The smallest absolute Gasteiger partial charge is 0.207 e. The summed E-state index contributed by atoms with van der Waals surface area (Å²) in [7, 11) is 0. The van der Waals surface area contributed by atoms with Crippen molar-refractivity contribution < 1.29 is 9.47 Å². The molecule has 0 amide bonds. The van der Waals surface area contributed by atoms with E-state index in [0.29, 0.717) is 17.3 Å². The van der Waals surface area contributed by atoms with Crippen molar-refractivity contribution in [2.75, 3.05) is 11.9 Å². The number of hydrogen-bond donors (Lipinski definition) is 1. The van der Waals surface area contributed by atoms with Crippen molar-refractivity contribution in [3.05, 3.63) is 59.7 Å². The first kappa shape index (κ1) is 20.4. The molecule has 33 heavy (non-hydrogen) atoms. The molecule has 5 aliphatic rings. The fourth-order valence-corrected chi connectivity index (χ4v) is 8.59. The molecule has 3 heteroatoms. The van der Waals surface area contributed by atoms with E-state index in [9.17, 15) is 0 Å². The van der Waals surface area contributed by atoms with E-state index in [-0.39, 0.29) is 17.8 Å². The van der Waals surface area contributed by atoms with Crippen LogP contribution < -0.4 is 10.1 Å². The van der Waals surface area contributed by atoms with E-state index in [1.54, 1.807) is 0 Å².